The van der Waals surface area contributed by atoms with Gasteiger partial charge in [-0.05, 0) is 0 Å². The van der Waals surface area contributed by atoms with Crippen LogP contribution in [0.4, 0.5) is 0 Å². The first-order chi connectivity index (χ1) is 8.04. The van der Waals surface area contributed by atoms with E-state index in [0.717, 1.165) is 0 Å². The van der Waals surface area contributed by atoms with Crippen LogP contribution in [0.3, 0.4) is 0 Å². The van der Waals surface area contributed by atoms with Crippen molar-refractivity contribution in [3.63, 3.8) is 0 Å². The second-order valence-corrected chi connectivity index (χ2v) is 3.35. The molecule has 0 aromatic carbocycles. The molecule has 0 spiro atoms. The second kappa shape index (κ2) is 5.94. The van der Waals surface area contributed by atoms with Crippen LogP contribution < -0.4 is 11.1 Å². The molecule has 3 N–H and O–H groups in total. The molecule has 8 nitrogen and oxygen atoms in total. The molecule has 1 aliphatic rings. The van der Waals surface area contributed by atoms with Crippen molar-refractivity contribution in [1.29, 1.82) is 0 Å². The van der Waals surface area contributed by atoms with Crippen molar-refractivity contribution in [2.75, 3.05) is 13.1 Å². The Morgan fingerprint density at radius 3 is 2.41 bits per heavy atom. The summed E-state index contributed by atoms with van der Waals surface area (Å²) in [5.74, 6) is -2.22. The predicted octanol–water partition coefficient (Wildman–Crippen LogP) is -1.94. The van der Waals surface area contributed by atoms with Gasteiger partial charge in [-0.2, -0.15) is 0 Å². The lowest BCUT2D eigenvalue weighted by Crippen LogP contribution is -2.35. The Hall–Kier alpha value is -1.96. The van der Waals surface area contributed by atoms with Crippen molar-refractivity contribution in [1.82, 2.24) is 10.4 Å². The van der Waals surface area contributed by atoms with E-state index in [0.29, 0.717) is 5.06 Å². The van der Waals surface area contributed by atoms with Gasteiger partial charge in [-0.15, -0.1) is 5.06 Å². The molecule has 1 heterocycles. The van der Waals surface area contributed by atoms with E-state index in [9.17, 15) is 19.2 Å². The Labute approximate surface area is 97.0 Å². The second-order valence-electron chi connectivity index (χ2n) is 3.35. The summed E-state index contributed by atoms with van der Waals surface area (Å²) in [6.45, 7) is -0.122. The number of rotatable bonds is 5. The van der Waals surface area contributed by atoms with Gasteiger partial charge >= 0.3 is 5.97 Å². The van der Waals surface area contributed by atoms with Crippen LogP contribution in [0.15, 0.2) is 0 Å². The molecule has 8 heteroatoms. The molecule has 0 radical (unpaired) electrons. The largest absolute Gasteiger partial charge is 0.354 e. The van der Waals surface area contributed by atoms with Gasteiger partial charge in [0.1, 0.15) is 0 Å². The van der Waals surface area contributed by atoms with Gasteiger partial charge in [0.15, 0.2) is 0 Å². The fourth-order valence-electron chi connectivity index (χ4n) is 1.18. The summed E-state index contributed by atoms with van der Waals surface area (Å²) < 4.78 is 0. The lowest BCUT2D eigenvalue weighted by atomic mass is 10.4. The van der Waals surface area contributed by atoms with Gasteiger partial charge in [0.25, 0.3) is 11.8 Å². The number of carbonyl (C=O) groups is 4. The highest BCUT2D eigenvalue weighted by molar-refractivity contribution is 6.01. The minimum Gasteiger partial charge on any atom is -0.354 e. The van der Waals surface area contributed by atoms with E-state index < -0.39 is 23.7 Å². The molecule has 0 aliphatic carbocycles. The molecule has 0 aromatic heterocycles. The molecule has 17 heavy (non-hydrogen) atoms. The highest BCUT2D eigenvalue weighted by Gasteiger charge is 2.32. The minimum absolute atomic E-state index is 0.0467. The summed E-state index contributed by atoms with van der Waals surface area (Å²) in [4.78, 5) is 48.7. The van der Waals surface area contributed by atoms with Crippen LogP contribution in [0, 0.1) is 0 Å². The monoisotopic (exact) mass is 243 g/mol. The van der Waals surface area contributed by atoms with Crippen LogP contribution >= 0.6 is 0 Å². The molecule has 1 rings (SSSR count). The van der Waals surface area contributed by atoms with Crippen LogP contribution in [0.2, 0.25) is 0 Å². The molecule has 0 bridgehead atoms. The molecular weight excluding hydrogens is 230 g/mol. The Morgan fingerprint density at radius 1 is 1.29 bits per heavy atom. The fourth-order valence-corrected chi connectivity index (χ4v) is 1.18. The smallest absolute Gasteiger partial charge is 0.334 e. The van der Waals surface area contributed by atoms with Gasteiger partial charge in [-0.25, -0.2) is 4.79 Å². The summed E-state index contributed by atoms with van der Waals surface area (Å²) in [5, 5.41) is 2.82. The maximum atomic E-state index is 11.2. The van der Waals surface area contributed by atoms with Gasteiger partial charge in [-0.3, -0.25) is 14.4 Å². The zero-order valence-corrected chi connectivity index (χ0v) is 9.10. The first-order valence-electron chi connectivity index (χ1n) is 5.08. The van der Waals surface area contributed by atoms with Gasteiger partial charge in [0.2, 0.25) is 5.91 Å². The van der Waals surface area contributed by atoms with Crippen LogP contribution in [-0.2, 0) is 24.0 Å². The maximum absolute atomic E-state index is 11.2. The topological polar surface area (TPSA) is 119 Å². The molecule has 1 aliphatic heterocycles. The lowest BCUT2D eigenvalue weighted by molar-refractivity contribution is -0.197. The molecule has 0 unspecified atom stereocenters. The van der Waals surface area contributed by atoms with Gasteiger partial charge in [0.05, 0.1) is 13.0 Å². The number of hydrogen-bond acceptors (Lipinski definition) is 6. The third kappa shape index (κ3) is 3.83. The van der Waals surface area contributed by atoms with Gasteiger partial charge in [-0.1, -0.05) is 0 Å². The summed E-state index contributed by atoms with van der Waals surface area (Å²) >= 11 is 0. The normalized spacial score (nSPS) is 15.0. The average molecular weight is 243 g/mol. The quantitative estimate of drug-likeness (QED) is 0.542. The van der Waals surface area contributed by atoms with Crippen molar-refractivity contribution >= 4 is 23.7 Å². The van der Waals surface area contributed by atoms with E-state index >= 15 is 0 Å². The average Bonchev–Trinajstić information content (AvgIpc) is 2.60. The van der Waals surface area contributed by atoms with Crippen molar-refractivity contribution < 1.29 is 24.0 Å². The predicted molar refractivity (Wildman–Crippen MR) is 53.9 cm³/mol. The van der Waals surface area contributed by atoms with E-state index in [-0.39, 0.29) is 32.4 Å². The van der Waals surface area contributed by atoms with E-state index in [1.54, 1.807) is 0 Å². The maximum Gasteiger partial charge on any atom is 0.334 e. The Morgan fingerprint density at radius 2 is 1.88 bits per heavy atom. The number of amides is 3. The van der Waals surface area contributed by atoms with Crippen LogP contribution in [0.5, 0.6) is 0 Å². The molecule has 0 aromatic rings. The SMILES string of the molecule is NCC(=O)NCCC(=O)ON1C(=O)CCC1=O. The molecular formula is C9H13N3O5. The number of nitrogens with one attached hydrogen (secondary N) is 1. The van der Waals surface area contributed by atoms with Crippen LogP contribution in [-0.4, -0.2) is 41.8 Å². The number of imide groups is 1. The Balaban J connectivity index is 2.27. The molecule has 94 valence electrons. The third-order valence-corrected chi connectivity index (χ3v) is 2.04. The Kier molecular flexibility index (Phi) is 4.58. The van der Waals surface area contributed by atoms with Crippen molar-refractivity contribution in [3.05, 3.63) is 0 Å². The molecule has 1 saturated heterocycles. The number of carbonyl (C=O) groups excluding carboxylic acids is 4. The van der Waals surface area contributed by atoms with Crippen molar-refractivity contribution in [2.24, 2.45) is 5.73 Å². The standard InChI is InChI=1S/C9H13N3O5/c10-5-6(13)11-4-3-9(16)17-12-7(14)1-2-8(12)15/h1-5,10H2,(H,11,13). The zero-order chi connectivity index (χ0) is 12.8. The summed E-state index contributed by atoms with van der Waals surface area (Å²) in [6.07, 6.45) is -0.0329. The number of hydroxylamine groups is 2. The number of nitrogens with two attached hydrogens (primary N) is 1. The summed E-state index contributed by atoms with van der Waals surface area (Å²) in [7, 11) is 0. The number of nitrogens with zero attached hydrogens (tertiary/aromatic N) is 1. The van der Waals surface area contributed by atoms with Crippen molar-refractivity contribution in [2.45, 2.75) is 19.3 Å². The first-order valence-corrected chi connectivity index (χ1v) is 5.08. The molecule has 0 saturated carbocycles. The van der Waals surface area contributed by atoms with Crippen LogP contribution in [0.25, 0.3) is 0 Å². The van der Waals surface area contributed by atoms with Crippen molar-refractivity contribution in [3.8, 4) is 0 Å². The summed E-state index contributed by atoms with van der Waals surface area (Å²) in [6, 6.07) is 0. The highest BCUT2D eigenvalue weighted by atomic mass is 16.7. The van der Waals surface area contributed by atoms with E-state index in [4.69, 9.17) is 5.73 Å². The van der Waals surface area contributed by atoms with E-state index in [2.05, 4.69) is 10.2 Å². The number of hydrogen-bond donors (Lipinski definition) is 2. The van der Waals surface area contributed by atoms with E-state index in [1.165, 1.54) is 0 Å². The first kappa shape index (κ1) is 13.1. The van der Waals surface area contributed by atoms with E-state index in [1.807, 2.05) is 0 Å². The minimum atomic E-state index is -0.758. The fraction of sp³-hybridized carbons (Fsp3) is 0.556. The third-order valence-electron chi connectivity index (χ3n) is 2.04. The highest BCUT2D eigenvalue weighted by Crippen LogP contribution is 2.12. The van der Waals surface area contributed by atoms with Gasteiger partial charge < -0.3 is 15.9 Å². The molecule has 0 atom stereocenters. The van der Waals surface area contributed by atoms with Gasteiger partial charge in [0, 0.05) is 19.4 Å². The Bertz CT molecular complexity index is 339. The zero-order valence-electron chi connectivity index (χ0n) is 9.10. The lowest BCUT2D eigenvalue weighted by Gasteiger charge is -2.12. The summed E-state index contributed by atoms with van der Waals surface area (Å²) in [5.41, 5.74) is 5.03. The van der Waals surface area contributed by atoms with Crippen LogP contribution in [0.1, 0.15) is 19.3 Å². The molecule has 1 fully saturated rings. The molecule has 3 amide bonds.